The monoisotopic (exact) mass is 227 g/mol. The molecular formula is C13H13N3O. The van der Waals surface area contributed by atoms with Crippen LogP contribution >= 0.6 is 0 Å². The number of para-hydroxylation sites is 1. The Labute approximate surface area is 99.3 Å². The molecule has 4 heteroatoms. The SMILES string of the molecule is NCCO/N=C1/c2ccccc2-n2cccc21. The van der Waals surface area contributed by atoms with Crippen molar-refractivity contribution in [3.05, 3.63) is 53.9 Å². The molecule has 0 spiro atoms. The van der Waals surface area contributed by atoms with Crippen molar-refractivity contribution in [2.24, 2.45) is 10.9 Å². The summed E-state index contributed by atoms with van der Waals surface area (Å²) in [6, 6.07) is 12.2. The zero-order chi connectivity index (χ0) is 11.7. The van der Waals surface area contributed by atoms with Gasteiger partial charge in [0.05, 0.1) is 11.4 Å². The molecule has 1 aliphatic heterocycles. The maximum atomic E-state index is 5.38. The Bertz CT molecular complexity index is 572. The predicted molar refractivity (Wildman–Crippen MR) is 66.4 cm³/mol. The topological polar surface area (TPSA) is 52.5 Å². The Morgan fingerprint density at radius 2 is 2.06 bits per heavy atom. The lowest BCUT2D eigenvalue weighted by Gasteiger charge is -2.00. The first-order valence-electron chi connectivity index (χ1n) is 5.59. The number of hydrogen-bond acceptors (Lipinski definition) is 3. The molecule has 1 aromatic heterocycles. The molecule has 1 aliphatic rings. The fourth-order valence-corrected chi connectivity index (χ4v) is 2.06. The Kier molecular flexibility index (Phi) is 2.42. The maximum absolute atomic E-state index is 5.38. The van der Waals surface area contributed by atoms with E-state index in [-0.39, 0.29) is 0 Å². The third-order valence-electron chi connectivity index (χ3n) is 2.78. The van der Waals surface area contributed by atoms with Crippen LogP contribution in [0.5, 0.6) is 0 Å². The lowest BCUT2D eigenvalue weighted by molar-refractivity contribution is 0.152. The van der Waals surface area contributed by atoms with Gasteiger partial charge in [0.25, 0.3) is 0 Å². The van der Waals surface area contributed by atoms with E-state index >= 15 is 0 Å². The number of fused-ring (bicyclic) bond motifs is 3. The third-order valence-corrected chi connectivity index (χ3v) is 2.78. The second-order valence-electron chi connectivity index (χ2n) is 3.84. The van der Waals surface area contributed by atoms with E-state index in [2.05, 4.69) is 15.8 Å². The average molecular weight is 227 g/mol. The number of nitrogens with two attached hydrogens (primary N) is 1. The molecule has 0 saturated carbocycles. The normalized spacial score (nSPS) is 14.8. The summed E-state index contributed by atoms with van der Waals surface area (Å²) in [5, 5.41) is 4.18. The Morgan fingerprint density at radius 1 is 1.18 bits per heavy atom. The molecule has 0 fully saturated rings. The summed E-state index contributed by atoms with van der Waals surface area (Å²) < 4.78 is 2.11. The molecule has 2 aromatic rings. The molecule has 0 unspecified atom stereocenters. The Balaban J connectivity index is 2.08. The molecule has 0 amide bonds. The van der Waals surface area contributed by atoms with E-state index in [4.69, 9.17) is 10.6 Å². The molecule has 3 rings (SSSR count). The number of hydrogen-bond donors (Lipinski definition) is 1. The van der Waals surface area contributed by atoms with Crippen LogP contribution < -0.4 is 5.73 Å². The minimum atomic E-state index is 0.437. The molecule has 0 aliphatic carbocycles. The highest BCUT2D eigenvalue weighted by Gasteiger charge is 2.24. The molecular weight excluding hydrogens is 214 g/mol. The summed E-state index contributed by atoms with van der Waals surface area (Å²) >= 11 is 0. The van der Waals surface area contributed by atoms with Gasteiger partial charge in [0.1, 0.15) is 12.3 Å². The van der Waals surface area contributed by atoms with Crippen LogP contribution in [0.15, 0.2) is 47.8 Å². The van der Waals surface area contributed by atoms with Crippen molar-refractivity contribution in [1.29, 1.82) is 0 Å². The Hall–Kier alpha value is -2.07. The van der Waals surface area contributed by atoms with Gasteiger partial charge in [-0.3, -0.25) is 0 Å². The minimum Gasteiger partial charge on any atom is -0.394 e. The second kappa shape index (κ2) is 4.07. The third kappa shape index (κ3) is 1.54. The van der Waals surface area contributed by atoms with E-state index in [1.165, 1.54) is 0 Å². The minimum absolute atomic E-state index is 0.437. The van der Waals surface area contributed by atoms with Gasteiger partial charge >= 0.3 is 0 Å². The maximum Gasteiger partial charge on any atom is 0.136 e. The van der Waals surface area contributed by atoms with Crippen LogP contribution in [-0.2, 0) is 4.84 Å². The van der Waals surface area contributed by atoms with Crippen LogP contribution in [-0.4, -0.2) is 23.4 Å². The first-order chi connectivity index (χ1) is 8.42. The van der Waals surface area contributed by atoms with Crippen LogP contribution in [0.2, 0.25) is 0 Å². The van der Waals surface area contributed by atoms with Crippen LogP contribution in [0.25, 0.3) is 5.69 Å². The molecule has 2 heterocycles. The molecule has 4 nitrogen and oxygen atoms in total. The van der Waals surface area contributed by atoms with Crippen molar-refractivity contribution >= 4 is 5.71 Å². The van der Waals surface area contributed by atoms with Gasteiger partial charge in [-0.15, -0.1) is 0 Å². The van der Waals surface area contributed by atoms with Crippen LogP contribution in [0.4, 0.5) is 0 Å². The molecule has 0 saturated heterocycles. The van der Waals surface area contributed by atoms with Gasteiger partial charge in [0, 0.05) is 18.3 Å². The van der Waals surface area contributed by atoms with Crippen LogP contribution in [0, 0.1) is 0 Å². The molecule has 0 radical (unpaired) electrons. The van der Waals surface area contributed by atoms with E-state index < -0.39 is 0 Å². The van der Waals surface area contributed by atoms with Crippen molar-refractivity contribution in [3.8, 4) is 5.69 Å². The van der Waals surface area contributed by atoms with Crippen LogP contribution in [0.1, 0.15) is 11.3 Å². The predicted octanol–water partition coefficient (Wildman–Crippen LogP) is 1.52. The van der Waals surface area contributed by atoms with Crippen molar-refractivity contribution in [2.75, 3.05) is 13.2 Å². The van der Waals surface area contributed by atoms with Crippen LogP contribution in [0.3, 0.4) is 0 Å². The molecule has 2 N–H and O–H groups in total. The number of aromatic nitrogens is 1. The first-order valence-corrected chi connectivity index (χ1v) is 5.59. The largest absolute Gasteiger partial charge is 0.394 e. The van der Waals surface area contributed by atoms with E-state index in [0.717, 1.165) is 22.7 Å². The van der Waals surface area contributed by atoms with Gasteiger partial charge in [-0.25, -0.2) is 0 Å². The number of benzene rings is 1. The zero-order valence-corrected chi connectivity index (χ0v) is 9.34. The molecule has 0 bridgehead atoms. The standard InChI is InChI=1S/C13H13N3O/c14-7-9-17-15-13-10-4-1-2-5-11(10)16-8-3-6-12(13)16/h1-6,8H,7,9,14H2/b15-13-. The highest BCUT2D eigenvalue weighted by molar-refractivity contribution is 6.17. The summed E-state index contributed by atoms with van der Waals surface area (Å²) in [6.45, 7) is 0.909. The number of rotatable bonds is 3. The summed E-state index contributed by atoms with van der Waals surface area (Å²) in [6.07, 6.45) is 2.03. The number of oxime groups is 1. The lowest BCUT2D eigenvalue weighted by atomic mass is 10.1. The smallest absolute Gasteiger partial charge is 0.136 e. The van der Waals surface area contributed by atoms with Gasteiger partial charge in [-0.05, 0) is 18.2 Å². The fraction of sp³-hybridized carbons (Fsp3) is 0.154. The van der Waals surface area contributed by atoms with E-state index in [1.807, 2.05) is 36.5 Å². The van der Waals surface area contributed by atoms with Crippen molar-refractivity contribution < 1.29 is 4.84 Å². The summed E-state index contributed by atoms with van der Waals surface area (Å²) in [4.78, 5) is 5.20. The number of nitrogens with zero attached hydrogens (tertiary/aromatic N) is 2. The summed E-state index contributed by atoms with van der Waals surface area (Å²) in [5.74, 6) is 0. The summed E-state index contributed by atoms with van der Waals surface area (Å²) in [5.41, 5.74) is 9.55. The van der Waals surface area contributed by atoms with Gasteiger partial charge < -0.3 is 15.1 Å². The van der Waals surface area contributed by atoms with Gasteiger partial charge in [-0.1, -0.05) is 23.4 Å². The molecule has 86 valence electrons. The van der Waals surface area contributed by atoms with E-state index in [1.54, 1.807) is 0 Å². The highest BCUT2D eigenvalue weighted by atomic mass is 16.6. The summed E-state index contributed by atoms with van der Waals surface area (Å²) in [7, 11) is 0. The molecule has 1 aromatic carbocycles. The average Bonchev–Trinajstić information content (AvgIpc) is 2.92. The van der Waals surface area contributed by atoms with Gasteiger partial charge in [-0.2, -0.15) is 0 Å². The van der Waals surface area contributed by atoms with Crippen molar-refractivity contribution in [2.45, 2.75) is 0 Å². The highest BCUT2D eigenvalue weighted by Crippen LogP contribution is 2.28. The second-order valence-corrected chi connectivity index (χ2v) is 3.84. The molecule has 0 atom stereocenters. The quantitative estimate of drug-likeness (QED) is 0.545. The van der Waals surface area contributed by atoms with E-state index in [9.17, 15) is 0 Å². The molecule has 17 heavy (non-hydrogen) atoms. The fourth-order valence-electron chi connectivity index (χ4n) is 2.06. The van der Waals surface area contributed by atoms with Crippen molar-refractivity contribution in [3.63, 3.8) is 0 Å². The van der Waals surface area contributed by atoms with E-state index in [0.29, 0.717) is 13.2 Å². The lowest BCUT2D eigenvalue weighted by Crippen LogP contribution is -2.07. The van der Waals surface area contributed by atoms with Gasteiger partial charge in [0.2, 0.25) is 0 Å². The Morgan fingerprint density at radius 3 is 2.94 bits per heavy atom. The van der Waals surface area contributed by atoms with Crippen molar-refractivity contribution in [1.82, 2.24) is 4.57 Å². The first kappa shape index (κ1) is 10.1. The van der Waals surface area contributed by atoms with Gasteiger partial charge in [0.15, 0.2) is 0 Å². The zero-order valence-electron chi connectivity index (χ0n) is 9.34.